The number of thioether (sulfide) groups is 1. The molecule has 0 aromatic heterocycles. The molecule has 1 amide bonds. The summed E-state index contributed by atoms with van der Waals surface area (Å²) in [6.45, 7) is 4.48. The second-order valence-corrected chi connectivity index (χ2v) is 8.25. The highest BCUT2D eigenvalue weighted by molar-refractivity contribution is 8.03. The van der Waals surface area contributed by atoms with E-state index in [4.69, 9.17) is 4.74 Å². The lowest BCUT2D eigenvalue weighted by atomic mass is 9.85. The van der Waals surface area contributed by atoms with E-state index in [1.165, 1.54) is 16.7 Å². The number of carbonyl (C=O) groups is 1. The van der Waals surface area contributed by atoms with Crippen molar-refractivity contribution in [3.05, 3.63) is 75.8 Å². The fourth-order valence-corrected chi connectivity index (χ4v) is 5.27. The summed E-state index contributed by atoms with van der Waals surface area (Å²) in [6, 6.07) is 17.4. The molecule has 2 aromatic carbocycles. The highest BCUT2D eigenvalue weighted by Crippen LogP contribution is 2.51. The van der Waals surface area contributed by atoms with Gasteiger partial charge >= 0.3 is 0 Å². The van der Waals surface area contributed by atoms with E-state index in [0.29, 0.717) is 28.5 Å². The topological polar surface area (TPSA) is 73.6 Å². The van der Waals surface area contributed by atoms with Gasteiger partial charge in [0.05, 0.1) is 29.0 Å². The maximum Gasteiger partial charge on any atom is 0.231 e. The standard InChI is InChI=1S/C23H22N2O3S/c1-3-28-18-10-6-16(7-11-18)19-12-21(26)25-22(20(19)13-24)29-14-23(25,27)17-8-4-15(2)5-9-17/h4-11,19,27H,3,12,14H2,1-2H3/t19-,23-/m1/s1. The van der Waals surface area contributed by atoms with Crippen LogP contribution in [0.25, 0.3) is 0 Å². The molecular weight excluding hydrogens is 384 g/mol. The summed E-state index contributed by atoms with van der Waals surface area (Å²) in [4.78, 5) is 14.6. The molecular formula is C23H22N2O3S. The van der Waals surface area contributed by atoms with Gasteiger partial charge in [0.1, 0.15) is 5.75 Å². The van der Waals surface area contributed by atoms with Crippen molar-refractivity contribution in [2.24, 2.45) is 0 Å². The van der Waals surface area contributed by atoms with E-state index in [0.717, 1.165) is 16.9 Å². The quantitative estimate of drug-likeness (QED) is 0.830. The summed E-state index contributed by atoms with van der Waals surface area (Å²) in [7, 11) is 0. The molecule has 2 aromatic rings. The minimum atomic E-state index is -1.43. The van der Waals surface area contributed by atoms with E-state index in [-0.39, 0.29) is 18.2 Å². The number of ether oxygens (including phenoxy) is 1. The summed E-state index contributed by atoms with van der Waals surface area (Å²) in [5.74, 6) is 0.571. The van der Waals surface area contributed by atoms with Crippen molar-refractivity contribution in [1.82, 2.24) is 4.90 Å². The number of aryl methyl sites for hydroxylation is 1. The van der Waals surface area contributed by atoms with Gasteiger partial charge in [-0.3, -0.25) is 9.69 Å². The van der Waals surface area contributed by atoms with E-state index in [1.807, 2.05) is 62.4 Å². The first-order valence-electron chi connectivity index (χ1n) is 9.60. The number of nitrogens with zero attached hydrogens (tertiary/aromatic N) is 2. The number of allylic oxidation sites excluding steroid dienone is 1. The van der Waals surface area contributed by atoms with E-state index in [2.05, 4.69) is 6.07 Å². The van der Waals surface area contributed by atoms with Gasteiger partial charge in [-0.05, 0) is 31.5 Å². The molecule has 1 fully saturated rings. The van der Waals surface area contributed by atoms with Crippen LogP contribution in [-0.4, -0.2) is 28.3 Å². The lowest BCUT2D eigenvalue weighted by molar-refractivity contribution is -0.149. The van der Waals surface area contributed by atoms with Crippen molar-refractivity contribution in [1.29, 1.82) is 5.26 Å². The minimum Gasteiger partial charge on any atom is -0.494 e. The number of benzene rings is 2. The zero-order valence-electron chi connectivity index (χ0n) is 16.4. The number of amides is 1. The predicted molar refractivity (Wildman–Crippen MR) is 112 cm³/mol. The molecule has 2 aliphatic heterocycles. The molecule has 2 atom stereocenters. The molecule has 29 heavy (non-hydrogen) atoms. The van der Waals surface area contributed by atoms with Crippen molar-refractivity contribution in [2.45, 2.75) is 31.9 Å². The van der Waals surface area contributed by atoms with Crippen LogP contribution >= 0.6 is 11.8 Å². The van der Waals surface area contributed by atoms with Crippen LogP contribution in [0.4, 0.5) is 0 Å². The van der Waals surface area contributed by atoms with E-state index < -0.39 is 5.72 Å². The van der Waals surface area contributed by atoms with Crippen LogP contribution in [0.2, 0.25) is 0 Å². The molecule has 1 saturated heterocycles. The van der Waals surface area contributed by atoms with Gasteiger partial charge < -0.3 is 9.84 Å². The van der Waals surface area contributed by atoms with Gasteiger partial charge in [-0.25, -0.2) is 0 Å². The number of aliphatic hydroxyl groups is 1. The van der Waals surface area contributed by atoms with Crippen molar-refractivity contribution < 1.29 is 14.6 Å². The van der Waals surface area contributed by atoms with Gasteiger partial charge in [0.15, 0.2) is 5.72 Å². The average Bonchev–Trinajstić information content (AvgIpc) is 3.08. The number of nitriles is 1. The summed E-state index contributed by atoms with van der Waals surface area (Å²) in [5.41, 5.74) is 1.74. The van der Waals surface area contributed by atoms with Crippen LogP contribution in [0.3, 0.4) is 0 Å². The largest absolute Gasteiger partial charge is 0.494 e. The fourth-order valence-electron chi connectivity index (χ4n) is 3.91. The fraction of sp³-hybridized carbons (Fsp3) is 0.304. The number of hydrogen-bond donors (Lipinski definition) is 1. The lowest BCUT2D eigenvalue weighted by Crippen LogP contribution is -2.48. The Morgan fingerprint density at radius 3 is 2.55 bits per heavy atom. The third-order valence-corrected chi connectivity index (χ3v) is 6.64. The van der Waals surface area contributed by atoms with E-state index >= 15 is 0 Å². The summed E-state index contributed by atoms with van der Waals surface area (Å²) < 4.78 is 5.49. The van der Waals surface area contributed by atoms with Gasteiger partial charge in [-0.1, -0.05) is 42.0 Å². The Hall–Kier alpha value is -2.75. The predicted octanol–water partition coefficient (Wildman–Crippen LogP) is 4.04. The molecule has 0 unspecified atom stereocenters. The first kappa shape index (κ1) is 19.6. The minimum absolute atomic E-state index is 0.148. The van der Waals surface area contributed by atoms with Crippen LogP contribution in [0.5, 0.6) is 5.75 Å². The average molecular weight is 407 g/mol. The Kier molecular flexibility index (Phi) is 5.12. The highest BCUT2D eigenvalue weighted by atomic mass is 32.2. The number of fused-ring (bicyclic) bond motifs is 1. The van der Waals surface area contributed by atoms with E-state index in [9.17, 15) is 15.2 Å². The first-order valence-corrected chi connectivity index (χ1v) is 10.6. The zero-order valence-corrected chi connectivity index (χ0v) is 17.2. The second kappa shape index (κ2) is 7.58. The van der Waals surface area contributed by atoms with E-state index in [1.54, 1.807) is 0 Å². The lowest BCUT2D eigenvalue weighted by Gasteiger charge is -2.38. The first-order chi connectivity index (χ1) is 14.0. The molecule has 0 spiro atoms. The van der Waals surface area contributed by atoms with Gasteiger partial charge in [0.25, 0.3) is 0 Å². The Morgan fingerprint density at radius 1 is 1.24 bits per heavy atom. The summed E-state index contributed by atoms with van der Waals surface area (Å²) in [6.07, 6.45) is 0.148. The monoisotopic (exact) mass is 406 g/mol. The molecule has 4 rings (SSSR count). The normalized spacial score (nSPS) is 23.7. The van der Waals surface area contributed by atoms with Crippen molar-refractivity contribution in [3.8, 4) is 11.8 Å². The van der Waals surface area contributed by atoms with Crippen molar-refractivity contribution in [3.63, 3.8) is 0 Å². The molecule has 1 N–H and O–H groups in total. The summed E-state index contributed by atoms with van der Waals surface area (Å²) in [5, 5.41) is 21.9. The van der Waals surface area contributed by atoms with Gasteiger partial charge in [-0.2, -0.15) is 5.26 Å². The van der Waals surface area contributed by atoms with Crippen molar-refractivity contribution in [2.75, 3.05) is 12.4 Å². The molecule has 6 heteroatoms. The third-order valence-electron chi connectivity index (χ3n) is 5.42. The van der Waals surface area contributed by atoms with Crippen LogP contribution < -0.4 is 4.74 Å². The molecule has 148 valence electrons. The number of carbonyl (C=O) groups excluding carboxylic acids is 1. The number of rotatable bonds is 4. The third kappa shape index (κ3) is 3.31. The highest BCUT2D eigenvalue weighted by Gasteiger charge is 2.51. The zero-order chi connectivity index (χ0) is 20.6. The second-order valence-electron chi connectivity index (χ2n) is 7.29. The SMILES string of the molecule is CCOc1ccc([C@H]2CC(=O)N3C(=C2C#N)SC[C@@]3(O)c2ccc(C)cc2)cc1. The van der Waals surface area contributed by atoms with Crippen LogP contribution in [-0.2, 0) is 10.5 Å². The molecule has 2 aliphatic rings. The maximum absolute atomic E-state index is 13.1. The van der Waals surface area contributed by atoms with Gasteiger partial charge in [-0.15, -0.1) is 11.8 Å². The van der Waals surface area contributed by atoms with Crippen LogP contribution in [0, 0.1) is 18.3 Å². The smallest absolute Gasteiger partial charge is 0.231 e. The summed E-state index contributed by atoms with van der Waals surface area (Å²) >= 11 is 1.37. The Balaban J connectivity index is 1.73. The molecule has 0 aliphatic carbocycles. The van der Waals surface area contributed by atoms with Gasteiger partial charge in [0.2, 0.25) is 5.91 Å². The molecule has 2 heterocycles. The Bertz CT molecular complexity index is 1010. The molecule has 0 bridgehead atoms. The molecule has 0 saturated carbocycles. The maximum atomic E-state index is 13.1. The molecule has 5 nitrogen and oxygen atoms in total. The van der Waals surface area contributed by atoms with Crippen molar-refractivity contribution >= 4 is 17.7 Å². The Morgan fingerprint density at radius 2 is 1.93 bits per heavy atom. The van der Waals surface area contributed by atoms with Crippen LogP contribution in [0.1, 0.15) is 36.0 Å². The van der Waals surface area contributed by atoms with Gasteiger partial charge in [0, 0.05) is 17.9 Å². The molecule has 0 radical (unpaired) electrons. The number of hydrogen-bond acceptors (Lipinski definition) is 5. The Labute approximate surface area is 174 Å². The van der Waals surface area contributed by atoms with Crippen LogP contribution in [0.15, 0.2) is 59.1 Å².